The fourth-order valence-electron chi connectivity index (χ4n) is 3.18. The van der Waals surface area contributed by atoms with Gasteiger partial charge in [-0.2, -0.15) is 0 Å². The smallest absolute Gasteiger partial charge is 0.352 e. The van der Waals surface area contributed by atoms with Crippen LogP contribution in [0.3, 0.4) is 0 Å². The number of aromatic nitrogens is 3. The van der Waals surface area contributed by atoms with Gasteiger partial charge in [0.25, 0.3) is 5.91 Å². The maximum Gasteiger partial charge on any atom is 0.352 e. The Morgan fingerprint density at radius 1 is 1.26 bits per heavy atom. The predicted molar refractivity (Wildman–Crippen MR) is 130 cm³/mol. The Morgan fingerprint density at radius 2 is 2.00 bits per heavy atom. The molecule has 4 rings (SSSR count). The first kappa shape index (κ1) is 24.8. The summed E-state index contributed by atoms with van der Waals surface area (Å²) in [5, 5.41) is 22.0. The summed E-state index contributed by atoms with van der Waals surface area (Å²) in [7, 11) is 0. The number of primary amides is 1. The third kappa shape index (κ3) is 5.48. The van der Waals surface area contributed by atoms with E-state index in [2.05, 4.69) is 20.5 Å². The number of anilines is 1. The number of hydrogen-bond donors (Lipinski definition) is 4. The monoisotopic (exact) mass is 559 g/mol. The van der Waals surface area contributed by atoms with Gasteiger partial charge in [0, 0.05) is 16.9 Å². The number of amides is 3. The number of carboxylic acids is 1. The number of nitrogens with zero attached hydrogens (tertiary/aromatic N) is 4. The molecule has 17 heteroatoms. The quantitative estimate of drug-likeness (QED) is 0.229. The minimum Gasteiger partial charge on any atom is -0.477 e. The van der Waals surface area contributed by atoms with E-state index in [1.54, 1.807) is 5.38 Å². The molecule has 0 spiro atoms. The van der Waals surface area contributed by atoms with Crippen LogP contribution in [0.15, 0.2) is 25.3 Å². The molecular formula is C17H17N7O5S5. The van der Waals surface area contributed by atoms with E-state index in [0.29, 0.717) is 36.6 Å². The first-order valence-electron chi connectivity index (χ1n) is 9.49. The Hall–Kier alpha value is -2.34. The number of thioether (sulfide) groups is 3. The summed E-state index contributed by atoms with van der Waals surface area (Å²) >= 11 is 6.38. The third-order valence-electron chi connectivity index (χ3n) is 4.57. The first-order valence-corrected chi connectivity index (χ1v) is 14.2. The van der Waals surface area contributed by atoms with E-state index in [-0.39, 0.29) is 23.8 Å². The van der Waals surface area contributed by atoms with Crippen LogP contribution in [0.2, 0.25) is 0 Å². The van der Waals surface area contributed by atoms with Crippen molar-refractivity contribution in [1.29, 1.82) is 0 Å². The van der Waals surface area contributed by atoms with Crippen molar-refractivity contribution in [3.8, 4) is 0 Å². The molecule has 0 aromatic carbocycles. The Morgan fingerprint density at radius 3 is 2.65 bits per heavy atom. The predicted octanol–water partition coefficient (Wildman–Crippen LogP) is 0.228. The molecule has 1 fully saturated rings. The number of carboxylic acid groups (broad SMARTS) is 1. The molecule has 4 heterocycles. The summed E-state index contributed by atoms with van der Waals surface area (Å²) in [4.78, 5) is 53.2. The molecular weight excluding hydrogens is 543 g/mol. The SMILES string of the molecule is NC(=O)CSc1nnc(SCC2=C(C(=O)O)N3C(=O)C(NC(=O)Cc4csc(N)n4)C3SC2)s1. The number of thiazole rings is 1. The largest absolute Gasteiger partial charge is 0.477 e. The second-order valence-electron chi connectivity index (χ2n) is 6.94. The van der Waals surface area contributed by atoms with Gasteiger partial charge in [0.15, 0.2) is 13.8 Å². The van der Waals surface area contributed by atoms with Crippen LogP contribution in [-0.4, -0.2) is 77.6 Å². The second kappa shape index (κ2) is 10.5. The van der Waals surface area contributed by atoms with Gasteiger partial charge in [0.1, 0.15) is 17.1 Å². The summed E-state index contributed by atoms with van der Waals surface area (Å²) in [5.74, 6) is -1.72. The number of aliphatic carboxylic acids is 1. The number of fused-ring (bicyclic) bond motifs is 1. The maximum absolute atomic E-state index is 12.8. The van der Waals surface area contributed by atoms with Gasteiger partial charge in [-0.3, -0.25) is 19.3 Å². The molecule has 12 nitrogen and oxygen atoms in total. The van der Waals surface area contributed by atoms with E-state index >= 15 is 0 Å². The Balaban J connectivity index is 1.38. The maximum atomic E-state index is 12.8. The zero-order valence-electron chi connectivity index (χ0n) is 17.1. The fraction of sp³-hybridized carbons (Fsp3) is 0.353. The van der Waals surface area contributed by atoms with Gasteiger partial charge < -0.3 is 21.9 Å². The van der Waals surface area contributed by atoms with Crippen LogP contribution in [0.5, 0.6) is 0 Å². The summed E-state index contributed by atoms with van der Waals surface area (Å²) in [6.45, 7) is 0. The molecule has 2 aromatic heterocycles. The first-order chi connectivity index (χ1) is 16.2. The summed E-state index contributed by atoms with van der Waals surface area (Å²) in [5.41, 5.74) is 11.7. The normalized spacial score (nSPS) is 19.5. The van der Waals surface area contributed by atoms with Gasteiger partial charge in [0.2, 0.25) is 11.8 Å². The van der Waals surface area contributed by atoms with Crippen LogP contribution in [0.4, 0.5) is 5.13 Å². The molecule has 0 saturated carbocycles. The van der Waals surface area contributed by atoms with Crippen LogP contribution >= 0.6 is 58.0 Å². The number of carbonyl (C=O) groups is 4. The van der Waals surface area contributed by atoms with Crippen LogP contribution in [0.25, 0.3) is 0 Å². The molecule has 34 heavy (non-hydrogen) atoms. The number of hydrogen-bond acceptors (Lipinski definition) is 13. The van der Waals surface area contributed by atoms with E-state index in [9.17, 15) is 24.3 Å². The van der Waals surface area contributed by atoms with Crippen LogP contribution in [0, 0.1) is 0 Å². The molecule has 0 aliphatic carbocycles. The molecule has 2 unspecified atom stereocenters. The number of β-lactam (4-membered cyclic amide) rings is 1. The number of nitrogens with one attached hydrogen (secondary N) is 1. The van der Waals surface area contributed by atoms with E-state index in [1.165, 1.54) is 62.9 Å². The lowest BCUT2D eigenvalue weighted by molar-refractivity contribution is -0.150. The zero-order chi connectivity index (χ0) is 24.4. The van der Waals surface area contributed by atoms with Crippen molar-refractivity contribution >= 4 is 86.8 Å². The summed E-state index contributed by atoms with van der Waals surface area (Å²) in [6.07, 6.45) is -0.0139. The minimum absolute atomic E-state index is 0.0139. The van der Waals surface area contributed by atoms with Gasteiger partial charge in [0.05, 0.1) is 17.9 Å². The van der Waals surface area contributed by atoms with E-state index in [4.69, 9.17) is 11.5 Å². The third-order valence-corrected chi connectivity index (χ3v) is 9.93. The van der Waals surface area contributed by atoms with Gasteiger partial charge in [-0.1, -0.05) is 34.9 Å². The highest BCUT2D eigenvalue weighted by Crippen LogP contribution is 2.42. The van der Waals surface area contributed by atoms with Gasteiger partial charge in [-0.15, -0.1) is 33.3 Å². The number of carbonyl (C=O) groups excluding carboxylic acids is 3. The molecule has 2 aromatic rings. The van der Waals surface area contributed by atoms with Crippen molar-refractivity contribution in [2.75, 3.05) is 23.0 Å². The molecule has 2 aliphatic rings. The zero-order valence-corrected chi connectivity index (χ0v) is 21.2. The number of rotatable bonds is 10. The molecule has 3 amide bonds. The number of nitrogens with two attached hydrogens (primary N) is 2. The highest BCUT2D eigenvalue weighted by atomic mass is 32.2. The summed E-state index contributed by atoms with van der Waals surface area (Å²) in [6, 6.07) is -0.801. The van der Waals surface area contributed by atoms with Crippen molar-refractivity contribution in [3.63, 3.8) is 0 Å². The van der Waals surface area contributed by atoms with Gasteiger partial charge in [-0.25, -0.2) is 9.78 Å². The van der Waals surface area contributed by atoms with Gasteiger partial charge in [-0.05, 0) is 5.57 Å². The molecule has 180 valence electrons. The van der Waals surface area contributed by atoms with Crippen molar-refractivity contribution in [2.24, 2.45) is 5.73 Å². The number of nitrogen functional groups attached to an aromatic ring is 1. The standard InChI is InChI=1S/C17H17N7O5S5/c18-8(25)5-33-17-23-22-16(34-17)32-3-6-2-30-13-10(12(27)24(13)11(6)14(28)29)21-9(26)1-7-4-31-15(19)20-7/h4,10,13H,1-3,5H2,(H2,18,25)(H2,19,20)(H,21,26)(H,28,29). The highest BCUT2D eigenvalue weighted by Gasteiger charge is 2.54. The topological polar surface area (TPSA) is 194 Å². The highest BCUT2D eigenvalue weighted by molar-refractivity contribution is 8.03. The molecule has 2 aliphatic heterocycles. The van der Waals surface area contributed by atoms with Crippen LogP contribution in [0.1, 0.15) is 5.69 Å². The van der Waals surface area contributed by atoms with E-state index < -0.39 is 29.2 Å². The van der Waals surface area contributed by atoms with Gasteiger partial charge >= 0.3 is 5.97 Å². The minimum atomic E-state index is -1.20. The van der Waals surface area contributed by atoms with E-state index in [0.717, 1.165) is 0 Å². The van der Waals surface area contributed by atoms with Crippen molar-refractivity contribution in [1.82, 2.24) is 25.4 Å². The van der Waals surface area contributed by atoms with Crippen molar-refractivity contribution in [2.45, 2.75) is 26.5 Å². The average molecular weight is 560 g/mol. The Bertz CT molecular complexity index is 1180. The van der Waals surface area contributed by atoms with Crippen molar-refractivity contribution in [3.05, 3.63) is 22.3 Å². The second-order valence-corrected chi connectivity index (χ2v) is 12.4. The molecule has 2 atom stereocenters. The molecule has 0 radical (unpaired) electrons. The lowest BCUT2D eigenvalue weighted by Gasteiger charge is -2.49. The molecule has 1 saturated heterocycles. The Labute approximate surface area is 213 Å². The van der Waals surface area contributed by atoms with Crippen LogP contribution in [-0.2, 0) is 25.6 Å². The fourth-order valence-corrected chi connectivity index (χ4v) is 7.99. The molecule has 0 bridgehead atoms. The Kier molecular flexibility index (Phi) is 7.66. The van der Waals surface area contributed by atoms with Crippen molar-refractivity contribution < 1.29 is 24.3 Å². The van der Waals surface area contributed by atoms with E-state index in [1.807, 2.05) is 0 Å². The lowest BCUT2D eigenvalue weighted by Crippen LogP contribution is -2.70. The summed E-state index contributed by atoms with van der Waals surface area (Å²) < 4.78 is 1.20. The van der Waals surface area contributed by atoms with Crippen LogP contribution < -0.4 is 16.8 Å². The average Bonchev–Trinajstić information content (AvgIpc) is 3.42. The molecule has 6 N–H and O–H groups in total. The lowest BCUT2D eigenvalue weighted by atomic mass is 10.0.